The Balaban J connectivity index is 1.11. The van der Waals surface area contributed by atoms with Crippen molar-refractivity contribution < 1.29 is 4.42 Å². The van der Waals surface area contributed by atoms with E-state index in [1.54, 1.807) is 0 Å². The van der Waals surface area contributed by atoms with Crippen molar-refractivity contribution in [3.05, 3.63) is 214 Å². The Labute approximate surface area is 518 Å². The molecule has 15 rings (SSSR count). The molecule has 0 spiro atoms. The van der Waals surface area contributed by atoms with Crippen molar-refractivity contribution in [3.63, 3.8) is 0 Å². The zero-order valence-corrected chi connectivity index (χ0v) is 54.7. The fourth-order valence-electron chi connectivity index (χ4n) is 16.5. The van der Waals surface area contributed by atoms with Gasteiger partial charge in [0.1, 0.15) is 11.2 Å². The number of anilines is 8. The van der Waals surface area contributed by atoms with Crippen molar-refractivity contribution in [1.82, 2.24) is 0 Å². The summed E-state index contributed by atoms with van der Waals surface area (Å²) in [6, 6.07) is 64.5. The van der Waals surface area contributed by atoms with Crippen molar-refractivity contribution in [2.24, 2.45) is 0 Å². The molecule has 0 N–H and O–H groups in total. The smallest absolute Gasteiger partial charge is 0.333 e. The quantitative estimate of drug-likeness (QED) is 0.160. The summed E-state index contributed by atoms with van der Waals surface area (Å²) in [5.74, 6) is 0. The molecule has 5 heteroatoms. The fourth-order valence-corrected chi connectivity index (χ4v) is 16.5. The Bertz CT molecular complexity index is 4470. The number of hydrogen-bond acceptors (Lipinski definition) is 4. The summed E-state index contributed by atoms with van der Waals surface area (Å²) in [7, 11) is 0. The zero-order chi connectivity index (χ0) is 61.0. The summed E-state index contributed by atoms with van der Waals surface area (Å²) in [5.41, 5.74) is 31.2. The summed E-state index contributed by atoms with van der Waals surface area (Å²) in [6.45, 7) is 40.6. The van der Waals surface area contributed by atoms with Crippen molar-refractivity contribution in [2.75, 3.05) is 14.6 Å². The summed E-state index contributed by atoms with van der Waals surface area (Å²) < 4.78 is 7.52. The van der Waals surface area contributed by atoms with Gasteiger partial charge in [0.2, 0.25) is 0 Å². The minimum atomic E-state index is -0.284. The van der Waals surface area contributed by atoms with Gasteiger partial charge < -0.3 is 19.0 Å². The Hall–Kier alpha value is -7.76. The SMILES string of the molecule is Cc1cc2c(cc1N1c3ccc(N(c4ccc(C(C)(C)C)cc4)c4ccc(C(C)(C)C)cc4)cc3B3c4c1cc1c(oc5ccccc51)c4-c1c(ccc4c1-c1ccccc1C4(C)C)N3c1ccc3c(c1)C(C)(C)CCC3(C)C)C(C)(C)CCC2(C)C. The van der Waals surface area contributed by atoms with Crippen LogP contribution in [0.3, 0.4) is 0 Å². The van der Waals surface area contributed by atoms with Crippen LogP contribution >= 0.6 is 0 Å². The molecule has 0 bridgehead atoms. The number of furan rings is 1. The molecule has 9 aromatic carbocycles. The lowest BCUT2D eigenvalue weighted by Gasteiger charge is -2.48. The molecule has 5 aliphatic rings. The predicted octanol–water partition coefficient (Wildman–Crippen LogP) is 21.7. The van der Waals surface area contributed by atoms with Crippen LogP contribution in [0.4, 0.5) is 45.5 Å². The van der Waals surface area contributed by atoms with E-state index >= 15 is 0 Å². The van der Waals surface area contributed by atoms with Gasteiger partial charge in [-0.05, 0) is 216 Å². The van der Waals surface area contributed by atoms with E-state index in [4.69, 9.17) is 4.42 Å². The van der Waals surface area contributed by atoms with E-state index in [1.807, 2.05) is 0 Å². The molecule has 1 aromatic heterocycles. The van der Waals surface area contributed by atoms with Crippen LogP contribution in [-0.2, 0) is 37.9 Å². The van der Waals surface area contributed by atoms with Gasteiger partial charge in [-0.1, -0.05) is 196 Å². The molecule has 3 heterocycles. The maximum absolute atomic E-state index is 7.52. The highest BCUT2D eigenvalue weighted by molar-refractivity contribution is 6.94. The van der Waals surface area contributed by atoms with Crippen LogP contribution in [0.5, 0.6) is 0 Å². The second-order valence-electron chi connectivity index (χ2n) is 31.9. The van der Waals surface area contributed by atoms with E-state index in [-0.39, 0.29) is 44.8 Å². The van der Waals surface area contributed by atoms with Gasteiger partial charge in [-0.3, -0.25) is 0 Å². The summed E-state index contributed by atoms with van der Waals surface area (Å²) in [5, 5.41) is 2.28. The first-order valence-corrected chi connectivity index (χ1v) is 32.4. The van der Waals surface area contributed by atoms with Gasteiger partial charge in [0, 0.05) is 72.8 Å². The number of aryl methyl sites for hydroxylation is 1. The van der Waals surface area contributed by atoms with E-state index in [9.17, 15) is 0 Å². The Morgan fingerprint density at radius 2 is 0.977 bits per heavy atom. The lowest BCUT2D eigenvalue weighted by atomic mass is 9.43. The van der Waals surface area contributed by atoms with E-state index in [1.165, 1.54) is 112 Å². The lowest BCUT2D eigenvalue weighted by Crippen LogP contribution is -2.61. The average Bonchev–Trinajstić information content (AvgIpc) is 1.67. The van der Waals surface area contributed by atoms with Crippen molar-refractivity contribution in [2.45, 2.75) is 181 Å². The first kappa shape index (κ1) is 55.8. The van der Waals surface area contributed by atoms with Crippen LogP contribution in [0.1, 0.15) is 187 Å². The van der Waals surface area contributed by atoms with Gasteiger partial charge in [0.05, 0.1) is 0 Å². The second kappa shape index (κ2) is 18.4. The summed E-state index contributed by atoms with van der Waals surface area (Å²) in [4.78, 5) is 7.99. The molecule has 0 saturated heterocycles. The van der Waals surface area contributed by atoms with Gasteiger partial charge in [-0.15, -0.1) is 0 Å². The summed E-state index contributed by atoms with van der Waals surface area (Å²) in [6.07, 6.45) is 4.58. The van der Waals surface area contributed by atoms with E-state index in [2.05, 4.69) is 296 Å². The van der Waals surface area contributed by atoms with E-state index in [0.717, 1.165) is 64.7 Å². The first-order valence-electron chi connectivity index (χ1n) is 32.4. The number of fused-ring (bicyclic) bond motifs is 14. The van der Waals surface area contributed by atoms with E-state index in [0.29, 0.717) is 0 Å². The molecule has 3 aliphatic carbocycles. The molecular weight excluding hydrogens is 1050 g/mol. The van der Waals surface area contributed by atoms with Gasteiger partial charge in [0.15, 0.2) is 0 Å². The van der Waals surface area contributed by atoms with Crippen LogP contribution in [0.25, 0.3) is 44.2 Å². The molecule has 0 radical (unpaired) electrons. The first-order chi connectivity index (χ1) is 41.0. The normalized spacial score (nSPS) is 17.9. The maximum Gasteiger partial charge on any atom is 0.333 e. The van der Waals surface area contributed by atoms with Crippen LogP contribution in [0, 0.1) is 6.92 Å². The largest absolute Gasteiger partial charge is 0.455 e. The Morgan fingerprint density at radius 3 is 1.61 bits per heavy atom. The molecule has 87 heavy (non-hydrogen) atoms. The van der Waals surface area contributed by atoms with Crippen LogP contribution in [0.2, 0.25) is 0 Å². The van der Waals surface area contributed by atoms with Gasteiger partial charge in [-0.25, -0.2) is 0 Å². The maximum atomic E-state index is 7.52. The number of para-hydroxylation sites is 1. The van der Waals surface area contributed by atoms with Crippen LogP contribution in [-0.4, -0.2) is 6.85 Å². The monoisotopic (exact) mass is 1140 g/mol. The molecule has 10 aromatic rings. The molecule has 0 amide bonds. The third-order valence-corrected chi connectivity index (χ3v) is 22.0. The summed E-state index contributed by atoms with van der Waals surface area (Å²) >= 11 is 0. The molecule has 4 nitrogen and oxygen atoms in total. The molecule has 2 aliphatic heterocycles. The van der Waals surface area contributed by atoms with Gasteiger partial charge >= 0.3 is 6.85 Å². The Morgan fingerprint density at radius 1 is 0.437 bits per heavy atom. The van der Waals surface area contributed by atoms with Crippen molar-refractivity contribution in [1.29, 1.82) is 0 Å². The highest BCUT2D eigenvalue weighted by atomic mass is 16.3. The van der Waals surface area contributed by atoms with Gasteiger partial charge in [0.25, 0.3) is 0 Å². The topological polar surface area (TPSA) is 22.9 Å². The van der Waals surface area contributed by atoms with Crippen molar-refractivity contribution >= 4 is 85.2 Å². The second-order valence-corrected chi connectivity index (χ2v) is 31.9. The molecule has 0 unspecified atom stereocenters. The Kier molecular flexibility index (Phi) is 11.8. The molecule has 0 saturated carbocycles. The average molecular weight is 1140 g/mol. The predicted molar refractivity (Wildman–Crippen MR) is 372 cm³/mol. The van der Waals surface area contributed by atoms with E-state index < -0.39 is 0 Å². The minimum absolute atomic E-state index is 0.00344. The van der Waals surface area contributed by atoms with Crippen molar-refractivity contribution in [3.8, 4) is 22.3 Å². The zero-order valence-electron chi connectivity index (χ0n) is 54.7. The molecular formula is C82H86BN3O. The number of hydrogen-bond donors (Lipinski definition) is 0. The molecule has 438 valence electrons. The fraction of sp³-hybridized carbons (Fsp3) is 0.341. The standard InChI is InChI=1S/C82H86BN3O/c1-49-44-62-64(81(14,15)43-42-79(62,10)11)48-68(49)85-66-38-35-54(84(52-30-26-50(27-31-52)76(2,3)4)53-32-28-51(29-33-53)77(5,6)7)46-65(66)83-74-69(85)47-58-56-22-19-21-25-70(56)87-75(58)73(74)72-67(39-37-61-71(72)57-23-18-20-24-59(57)82(61,16)17)86(83)55-34-36-60-63(45-55)80(12,13)41-40-78(60,8)9/h18-39,44-48H,40-43H2,1-17H3. The lowest BCUT2D eigenvalue weighted by molar-refractivity contribution is 0.332. The van der Waals surface area contributed by atoms with Crippen LogP contribution < -0.4 is 25.5 Å². The molecule has 0 fully saturated rings. The minimum Gasteiger partial charge on any atom is -0.455 e. The highest BCUT2D eigenvalue weighted by Gasteiger charge is 2.51. The third kappa shape index (κ3) is 8.22. The third-order valence-electron chi connectivity index (χ3n) is 22.0. The van der Waals surface area contributed by atoms with Crippen LogP contribution in [0.15, 0.2) is 168 Å². The number of benzene rings is 9. The van der Waals surface area contributed by atoms with Gasteiger partial charge in [-0.2, -0.15) is 0 Å². The molecule has 0 atom stereocenters. The number of rotatable bonds is 5. The number of nitrogens with zero attached hydrogens (tertiary/aromatic N) is 3. The highest BCUT2D eigenvalue weighted by Crippen LogP contribution is 2.60.